The van der Waals surface area contributed by atoms with Gasteiger partial charge in [0.2, 0.25) is 0 Å². The molecule has 128 valence electrons. The third-order valence-corrected chi connectivity index (χ3v) is 4.37. The number of pyridine rings is 1. The minimum Gasteiger partial charge on any atom is -0.444 e. The van der Waals surface area contributed by atoms with E-state index in [1.807, 2.05) is 39.1 Å². The molecule has 1 saturated carbocycles. The molecule has 23 heavy (non-hydrogen) atoms. The minimum absolute atomic E-state index is 0.341. The zero-order valence-corrected chi connectivity index (χ0v) is 15.6. The first-order chi connectivity index (χ1) is 10.8. The van der Waals surface area contributed by atoms with Crippen molar-refractivity contribution in [1.29, 1.82) is 0 Å². The number of anilines is 1. The van der Waals surface area contributed by atoms with Gasteiger partial charge in [-0.25, -0.2) is 9.78 Å². The average molecular weight is 384 g/mol. The van der Waals surface area contributed by atoms with Crippen LogP contribution in [-0.4, -0.2) is 29.3 Å². The Morgan fingerprint density at radius 1 is 1.35 bits per heavy atom. The van der Waals surface area contributed by atoms with E-state index in [0.717, 1.165) is 23.1 Å². The molecule has 0 aromatic carbocycles. The second-order valence-electron chi connectivity index (χ2n) is 7.05. The maximum Gasteiger partial charge on any atom is 0.407 e. The number of aromatic nitrogens is 1. The van der Waals surface area contributed by atoms with Crippen LogP contribution in [0.4, 0.5) is 10.5 Å². The Balaban J connectivity index is 1.88. The highest BCUT2D eigenvalue weighted by Gasteiger charge is 2.26. The smallest absolute Gasteiger partial charge is 0.407 e. The molecule has 0 aliphatic heterocycles. The van der Waals surface area contributed by atoms with Gasteiger partial charge in [-0.05, 0) is 67.6 Å². The first-order valence-electron chi connectivity index (χ1n) is 8.18. The number of nitrogens with one attached hydrogen (secondary N) is 2. The van der Waals surface area contributed by atoms with Crippen LogP contribution in [0.3, 0.4) is 0 Å². The predicted octanol–water partition coefficient (Wildman–Crippen LogP) is 4.34. The molecule has 2 N–H and O–H groups in total. The number of hydrogen-bond donors (Lipinski definition) is 2. The minimum atomic E-state index is -0.461. The molecule has 2 rings (SSSR count). The number of hydrogen-bond acceptors (Lipinski definition) is 4. The second-order valence-corrected chi connectivity index (χ2v) is 7.86. The first kappa shape index (κ1) is 18.0. The second kappa shape index (κ2) is 7.99. The third-order valence-electron chi connectivity index (χ3n) is 3.90. The van der Waals surface area contributed by atoms with Gasteiger partial charge in [-0.2, -0.15) is 0 Å². The van der Waals surface area contributed by atoms with Crippen LogP contribution < -0.4 is 10.6 Å². The monoisotopic (exact) mass is 383 g/mol. The fourth-order valence-corrected chi connectivity index (χ4v) is 3.08. The Labute approximate surface area is 146 Å². The molecule has 1 aromatic heterocycles. The number of halogens is 1. The summed E-state index contributed by atoms with van der Waals surface area (Å²) in [7, 11) is 0. The third kappa shape index (κ3) is 6.37. The number of rotatable bonds is 4. The molecule has 5 nitrogen and oxygen atoms in total. The van der Waals surface area contributed by atoms with Gasteiger partial charge in [-0.3, -0.25) is 0 Å². The van der Waals surface area contributed by atoms with Crippen molar-refractivity contribution in [3.8, 4) is 0 Å². The van der Waals surface area contributed by atoms with Gasteiger partial charge in [0.15, 0.2) is 0 Å². The van der Waals surface area contributed by atoms with Crippen molar-refractivity contribution in [2.24, 2.45) is 5.92 Å². The standard InChI is InChI=1S/C17H26BrN3O2/c1-17(2,3)23-16(22)20-10-12-6-4-5-7-14(12)21-13-8-9-15(18)19-11-13/h8-9,11-12,14,21H,4-7,10H2,1-3H3,(H,20,22). The van der Waals surface area contributed by atoms with Gasteiger partial charge in [-0.15, -0.1) is 0 Å². The Bertz CT molecular complexity index is 514. The molecule has 0 radical (unpaired) electrons. The summed E-state index contributed by atoms with van der Waals surface area (Å²) in [5, 5.41) is 6.46. The molecule has 1 heterocycles. The molecule has 1 amide bonds. The van der Waals surface area contributed by atoms with E-state index in [9.17, 15) is 4.79 Å². The van der Waals surface area contributed by atoms with Crippen LogP contribution in [0.5, 0.6) is 0 Å². The highest BCUT2D eigenvalue weighted by Crippen LogP contribution is 2.27. The van der Waals surface area contributed by atoms with E-state index in [1.165, 1.54) is 12.8 Å². The summed E-state index contributed by atoms with van der Waals surface area (Å²) in [5.74, 6) is 0.403. The van der Waals surface area contributed by atoms with Crippen molar-refractivity contribution >= 4 is 27.7 Å². The SMILES string of the molecule is CC(C)(C)OC(=O)NCC1CCCCC1Nc1ccc(Br)nc1. The number of carbonyl (C=O) groups is 1. The molecule has 0 spiro atoms. The van der Waals surface area contributed by atoms with Crippen LogP contribution >= 0.6 is 15.9 Å². The number of nitrogens with zero attached hydrogens (tertiary/aromatic N) is 1. The van der Waals surface area contributed by atoms with E-state index in [-0.39, 0.29) is 6.09 Å². The molecule has 2 atom stereocenters. The predicted molar refractivity (Wildman–Crippen MR) is 95.5 cm³/mol. The summed E-state index contributed by atoms with van der Waals surface area (Å²) < 4.78 is 6.14. The van der Waals surface area contributed by atoms with Crippen LogP contribution in [0.2, 0.25) is 0 Å². The van der Waals surface area contributed by atoms with Crippen molar-refractivity contribution in [1.82, 2.24) is 10.3 Å². The topological polar surface area (TPSA) is 63.2 Å². The average Bonchev–Trinajstić information content (AvgIpc) is 2.47. The largest absolute Gasteiger partial charge is 0.444 e. The van der Waals surface area contributed by atoms with Crippen molar-refractivity contribution in [3.63, 3.8) is 0 Å². The maximum absolute atomic E-state index is 11.8. The summed E-state index contributed by atoms with van der Waals surface area (Å²) in [6.07, 6.45) is 6.12. The van der Waals surface area contributed by atoms with E-state index in [4.69, 9.17) is 4.74 Å². The fourth-order valence-electron chi connectivity index (χ4n) is 2.85. The molecule has 2 unspecified atom stereocenters. The molecule has 1 aliphatic rings. The van der Waals surface area contributed by atoms with Gasteiger partial charge >= 0.3 is 6.09 Å². The molecule has 1 fully saturated rings. The quantitative estimate of drug-likeness (QED) is 0.758. The van der Waals surface area contributed by atoms with Gasteiger partial charge in [-0.1, -0.05) is 12.8 Å². The Hall–Kier alpha value is -1.30. The molecular weight excluding hydrogens is 358 g/mol. The molecule has 0 bridgehead atoms. The molecule has 6 heteroatoms. The number of ether oxygens (including phenoxy) is 1. The lowest BCUT2D eigenvalue weighted by Gasteiger charge is -2.33. The van der Waals surface area contributed by atoms with Crippen LogP contribution in [-0.2, 0) is 4.74 Å². The van der Waals surface area contributed by atoms with Crippen molar-refractivity contribution in [2.75, 3.05) is 11.9 Å². The van der Waals surface area contributed by atoms with Crippen molar-refractivity contribution < 1.29 is 9.53 Å². The summed E-state index contributed by atoms with van der Waals surface area (Å²) in [6.45, 7) is 6.25. The van der Waals surface area contributed by atoms with Crippen LogP contribution in [0.15, 0.2) is 22.9 Å². The Morgan fingerprint density at radius 2 is 2.09 bits per heavy atom. The zero-order chi connectivity index (χ0) is 16.9. The van der Waals surface area contributed by atoms with Gasteiger partial charge in [0.05, 0.1) is 11.9 Å². The fraction of sp³-hybridized carbons (Fsp3) is 0.647. The van der Waals surface area contributed by atoms with Crippen molar-refractivity contribution in [3.05, 3.63) is 22.9 Å². The van der Waals surface area contributed by atoms with E-state index in [0.29, 0.717) is 18.5 Å². The zero-order valence-electron chi connectivity index (χ0n) is 14.1. The summed E-state index contributed by atoms with van der Waals surface area (Å²) in [5.41, 5.74) is 0.555. The molecule has 1 aromatic rings. The summed E-state index contributed by atoms with van der Waals surface area (Å²) in [6, 6.07) is 4.30. The molecule has 1 aliphatic carbocycles. The number of alkyl carbamates (subject to hydrolysis) is 1. The van der Waals surface area contributed by atoms with E-state index < -0.39 is 5.60 Å². The van der Waals surface area contributed by atoms with E-state index in [2.05, 4.69) is 31.5 Å². The highest BCUT2D eigenvalue weighted by molar-refractivity contribution is 9.10. The van der Waals surface area contributed by atoms with Gasteiger partial charge < -0.3 is 15.4 Å². The van der Waals surface area contributed by atoms with Crippen LogP contribution in [0, 0.1) is 5.92 Å². The summed E-state index contributed by atoms with van der Waals surface area (Å²) in [4.78, 5) is 16.1. The molecular formula is C17H26BrN3O2. The molecule has 0 saturated heterocycles. The number of amides is 1. The van der Waals surface area contributed by atoms with Gasteiger partial charge in [0, 0.05) is 12.6 Å². The van der Waals surface area contributed by atoms with E-state index >= 15 is 0 Å². The van der Waals surface area contributed by atoms with E-state index in [1.54, 1.807) is 0 Å². The lowest BCUT2D eigenvalue weighted by molar-refractivity contribution is 0.0514. The number of carbonyl (C=O) groups excluding carboxylic acids is 1. The first-order valence-corrected chi connectivity index (χ1v) is 8.98. The normalized spacial score (nSPS) is 21.6. The van der Waals surface area contributed by atoms with Crippen LogP contribution in [0.1, 0.15) is 46.5 Å². The van der Waals surface area contributed by atoms with Gasteiger partial charge in [0.25, 0.3) is 0 Å². The van der Waals surface area contributed by atoms with Crippen molar-refractivity contribution in [2.45, 2.75) is 58.1 Å². The lowest BCUT2D eigenvalue weighted by Crippen LogP contribution is -2.42. The lowest BCUT2D eigenvalue weighted by atomic mass is 9.84. The maximum atomic E-state index is 11.8. The highest BCUT2D eigenvalue weighted by atomic mass is 79.9. The van der Waals surface area contributed by atoms with Crippen LogP contribution in [0.25, 0.3) is 0 Å². The summed E-state index contributed by atoms with van der Waals surface area (Å²) >= 11 is 3.35. The Kier molecular flexibility index (Phi) is 6.27. The Morgan fingerprint density at radius 3 is 2.74 bits per heavy atom. The van der Waals surface area contributed by atoms with Gasteiger partial charge in [0.1, 0.15) is 10.2 Å².